The SMILES string of the molecule is CCN(CC)C(=O)COC(=O)[C@@]1(F)[C@@H]2C[C@@H](OCc3ccc(Cl)c(Cl)c3)[C@@](N)(C(=O)O)[C@@H]21. The Morgan fingerprint density at radius 2 is 1.91 bits per heavy atom. The Morgan fingerprint density at radius 3 is 2.47 bits per heavy atom. The monoisotopic (exact) mass is 490 g/mol. The quantitative estimate of drug-likeness (QED) is 0.510. The molecule has 1 amide bonds. The highest BCUT2D eigenvalue weighted by molar-refractivity contribution is 6.42. The Kier molecular flexibility index (Phi) is 7.05. The largest absolute Gasteiger partial charge is 0.480 e. The van der Waals surface area contributed by atoms with Gasteiger partial charge in [0.2, 0.25) is 5.67 Å². The molecule has 0 bridgehead atoms. The second-order valence-electron chi connectivity index (χ2n) is 8.02. The Labute approximate surface area is 194 Å². The van der Waals surface area contributed by atoms with Crippen LogP contribution in [0.4, 0.5) is 4.39 Å². The number of benzene rings is 1. The zero-order valence-corrected chi connectivity index (χ0v) is 19.2. The molecule has 0 aromatic heterocycles. The number of hydrogen-bond donors (Lipinski definition) is 2. The van der Waals surface area contributed by atoms with Gasteiger partial charge < -0.3 is 25.2 Å². The van der Waals surface area contributed by atoms with Gasteiger partial charge >= 0.3 is 11.9 Å². The van der Waals surface area contributed by atoms with Crippen LogP contribution in [0.25, 0.3) is 0 Å². The first kappa shape index (κ1) is 24.7. The molecule has 11 heteroatoms. The van der Waals surface area contributed by atoms with Gasteiger partial charge in [0, 0.05) is 24.9 Å². The van der Waals surface area contributed by atoms with E-state index < -0.39 is 53.6 Å². The van der Waals surface area contributed by atoms with Crippen LogP contribution < -0.4 is 5.73 Å². The van der Waals surface area contributed by atoms with Crippen molar-refractivity contribution in [2.75, 3.05) is 19.7 Å². The molecule has 8 nitrogen and oxygen atoms in total. The van der Waals surface area contributed by atoms with E-state index in [9.17, 15) is 19.5 Å². The van der Waals surface area contributed by atoms with Gasteiger partial charge in [-0.1, -0.05) is 29.3 Å². The third-order valence-corrected chi connectivity index (χ3v) is 7.10. The summed E-state index contributed by atoms with van der Waals surface area (Å²) in [5.41, 5.74) is 2.05. The molecule has 2 saturated carbocycles. The fourth-order valence-electron chi connectivity index (χ4n) is 4.53. The van der Waals surface area contributed by atoms with E-state index in [0.717, 1.165) is 0 Å². The molecule has 0 unspecified atom stereocenters. The molecule has 0 spiro atoms. The van der Waals surface area contributed by atoms with E-state index >= 15 is 4.39 Å². The van der Waals surface area contributed by atoms with Crippen molar-refractivity contribution in [2.24, 2.45) is 17.6 Å². The van der Waals surface area contributed by atoms with Crippen molar-refractivity contribution in [1.82, 2.24) is 4.90 Å². The molecule has 2 aliphatic carbocycles. The van der Waals surface area contributed by atoms with Gasteiger partial charge in [0.15, 0.2) is 6.61 Å². The molecule has 3 rings (SSSR count). The van der Waals surface area contributed by atoms with E-state index in [1.165, 1.54) is 4.90 Å². The van der Waals surface area contributed by atoms with Gasteiger partial charge in [0.1, 0.15) is 5.54 Å². The maximum atomic E-state index is 15.5. The Balaban J connectivity index is 1.67. The Hall–Kier alpha value is -1.94. The maximum Gasteiger partial charge on any atom is 0.345 e. The predicted octanol–water partition coefficient (Wildman–Crippen LogP) is 2.43. The summed E-state index contributed by atoms with van der Waals surface area (Å²) in [4.78, 5) is 37.9. The third-order valence-electron chi connectivity index (χ3n) is 6.36. The minimum absolute atomic E-state index is 0.0185. The Morgan fingerprint density at radius 1 is 1.25 bits per heavy atom. The summed E-state index contributed by atoms with van der Waals surface area (Å²) in [6.45, 7) is 3.73. The van der Waals surface area contributed by atoms with Crippen LogP contribution in [0.15, 0.2) is 18.2 Å². The fraction of sp³-hybridized carbons (Fsp3) is 0.571. The van der Waals surface area contributed by atoms with E-state index in [1.54, 1.807) is 32.0 Å². The third kappa shape index (κ3) is 4.07. The lowest BCUT2D eigenvalue weighted by atomic mass is 9.88. The molecular weight excluding hydrogens is 466 g/mol. The number of hydrogen-bond acceptors (Lipinski definition) is 6. The number of likely N-dealkylation sites (N-methyl/N-ethyl adjacent to an activating group) is 1. The maximum absolute atomic E-state index is 15.5. The van der Waals surface area contributed by atoms with E-state index in [0.29, 0.717) is 28.7 Å². The summed E-state index contributed by atoms with van der Waals surface area (Å²) in [6.07, 6.45) is -1.11. The minimum Gasteiger partial charge on any atom is -0.480 e. The van der Waals surface area contributed by atoms with E-state index in [2.05, 4.69) is 0 Å². The second-order valence-corrected chi connectivity index (χ2v) is 8.83. The van der Waals surface area contributed by atoms with Crippen LogP contribution in [-0.4, -0.2) is 64.9 Å². The first-order valence-corrected chi connectivity index (χ1v) is 11.0. The molecule has 1 aromatic carbocycles. The van der Waals surface area contributed by atoms with Crippen molar-refractivity contribution >= 4 is 41.0 Å². The van der Waals surface area contributed by atoms with Crippen LogP contribution in [0.5, 0.6) is 0 Å². The molecule has 2 aliphatic rings. The van der Waals surface area contributed by atoms with Crippen LogP contribution in [-0.2, 0) is 30.5 Å². The number of alkyl halides is 1. The summed E-state index contributed by atoms with van der Waals surface area (Å²) >= 11 is 11.9. The number of carbonyl (C=O) groups excluding carboxylic acids is 2. The van der Waals surface area contributed by atoms with Crippen LogP contribution in [0.1, 0.15) is 25.8 Å². The number of nitrogens with two attached hydrogens (primary N) is 1. The molecule has 32 heavy (non-hydrogen) atoms. The number of esters is 1. The number of aliphatic carboxylic acids is 1. The topological polar surface area (TPSA) is 119 Å². The molecule has 0 radical (unpaired) electrons. The summed E-state index contributed by atoms with van der Waals surface area (Å²) in [7, 11) is 0. The molecule has 176 valence electrons. The van der Waals surface area contributed by atoms with E-state index in [-0.39, 0.29) is 13.0 Å². The summed E-state index contributed by atoms with van der Waals surface area (Å²) < 4.78 is 26.1. The smallest absolute Gasteiger partial charge is 0.345 e. The normalized spacial score (nSPS) is 30.5. The zero-order chi connectivity index (χ0) is 23.8. The number of carboxylic acid groups (broad SMARTS) is 1. The van der Waals surface area contributed by atoms with Crippen LogP contribution >= 0.6 is 23.2 Å². The van der Waals surface area contributed by atoms with Crippen LogP contribution in [0.2, 0.25) is 10.0 Å². The lowest BCUT2D eigenvalue weighted by Crippen LogP contribution is -2.60. The second kappa shape index (κ2) is 9.13. The first-order valence-electron chi connectivity index (χ1n) is 10.2. The van der Waals surface area contributed by atoms with Gasteiger partial charge in [-0.3, -0.25) is 9.59 Å². The lowest BCUT2D eigenvalue weighted by Gasteiger charge is -2.32. The average Bonchev–Trinajstić information content (AvgIpc) is 3.22. The number of ether oxygens (including phenoxy) is 2. The lowest BCUT2D eigenvalue weighted by molar-refractivity contribution is -0.163. The fourth-order valence-corrected chi connectivity index (χ4v) is 4.85. The molecule has 0 saturated heterocycles. The standard InChI is InChI=1S/C21H25Cl2FN2O6/c1-3-26(4-2)16(27)10-32-19(30)20(24)12-8-15(21(25,17(12)20)18(28)29)31-9-11-5-6-13(22)14(23)7-11/h5-7,12,15,17H,3-4,8-10,25H2,1-2H3,(H,28,29)/t12-,15-,17+,20-,21+/m1/s1. The van der Waals surface area contributed by atoms with E-state index in [4.69, 9.17) is 38.4 Å². The zero-order valence-electron chi connectivity index (χ0n) is 17.6. The summed E-state index contributed by atoms with van der Waals surface area (Å²) in [5.74, 6) is -5.50. The molecular formula is C21H25Cl2FN2O6. The highest BCUT2D eigenvalue weighted by Crippen LogP contribution is 2.67. The van der Waals surface area contributed by atoms with Crippen LogP contribution in [0.3, 0.4) is 0 Å². The van der Waals surface area contributed by atoms with Crippen LogP contribution in [0, 0.1) is 11.8 Å². The Bertz CT molecular complexity index is 930. The van der Waals surface area contributed by atoms with Crippen molar-refractivity contribution in [1.29, 1.82) is 0 Å². The average molecular weight is 491 g/mol. The summed E-state index contributed by atoms with van der Waals surface area (Å²) in [5, 5.41) is 10.4. The van der Waals surface area contributed by atoms with Crippen molar-refractivity contribution in [3.05, 3.63) is 33.8 Å². The highest BCUT2D eigenvalue weighted by atomic mass is 35.5. The van der Waals surface area contributed by atoms with Gasteiger partial charge in [-0.25, -0.2) is 9.18 Å². The van der Waals surface area contributed by atoms with Gasteiger partial charge in [0.05, 0.1) is 22.8 Å². The molecule has 0 aliphatic heterocycles. The van der Waals surface area contributed by atoms with Gasteiger partial charge in [-0.05, 0) is 38.0 Å². The number of fused-ring (bicyclic) bond motifs is 1. The highest BCUT2D eigenvalue weighted by Gasteiger charge is 2.85. The van der Waals surface area contributed by atoms with Gasteiger partial charge in [-0.2, -0.15) is 0 Å². The molecule has 5 atom stereocenters. The first-order chi connectivity index (χ1) is 15.0. The van der Waals surface area contributed by atoms with E-state index in [1.807, 2.05) is 0 Å². The summed E-state index contributed by atoms with van der Waals surface area (Å²) in [6, 6.07) is 4.80. The van der Waals surface area contributed by atoms with Crippen molar-refractivity contribution in [2.45, 2.75) is 44.2 Å². The number of carboxylic acids is 1. The number of amides is 1. The van der Waals surface area contributed by atoms with Gasteiger partial charge in [0.25, 0.3) is 5.91 Å². The minimum atomic E-state index is -2.57. The molecule has 1 aromatic rings. The number of carbonyl (C=O) groups is 3. The van der Waals surface area contributed by atoms with Crippen molar-refractivity contribution < 1.29 is 33.4 Å². The number of nitrogens with zero attached hydrogens (tertiary/aromatic N) is 1. The number of rotatable bonds is 9. The molecule has 3 N–H and O–H groups in total. The number of halogens is 3. The van der Waals surface area contributed by atoms with Crippen molar-refractivity contribution in [3.63, 3.8) is 0 Å². The molecule has 0 heterocycles. The molecule has 2 fully saturated rings. The van der Waals surface area contributed by atoms with Gasteiger partial charge in [-0.15, -0.1) is 0 Å². The predicted molar refractivity (Wildman–Crippen MR) is 114 cm³/mol. The van der Waals surface area contributed by atoms with Crippen molar-refractivity contribution in [3.8, 4) is 0 Å².